The van der Waals surface area contributed by atoms with E-state index in [-0.39, 0.29) is 169 Å². The molecule has 0 saturated carbocycles. The number of aromatic hydroxyl groups is 1. The molecular formula is C99H149BClN6NaO36PSi4. The number of carboxylic acid groups (broad SMARTS) is 2. The van der Waals surface area contributed by atoms with E-state index < -0.39 is 78.9 Å². The number of nitro groups is 4. The average Bonchev–Trinajstić information content (AvgIpc) is 0.825. The number of aliphatic carboxylic acids is 2. The molecule has 0 spiro atoms. The zero-order valence-corrected chi connectivity index (χ0v) is 97.6. The van der Waals surface area contributed by atoms with Gasteiger partial charge in [-0.05, 0) is 231 Å². The van der Waals surface area contributed by atoms with Gasteiger partial charge in [-0.2, -0.15) is 16.3 Å². The maximum atomic E-state index is 11.9. The molecule has 6 aromatic carbocycles. The molecule has 0 bridgehead atoms. The van der Waals surface area contributed by atoms with Gasteiger partial charge in [0.15, 0.2) is 81.6 Å². The molecule has 0 fully saturated rings. The van der Waals surface area contributed by atoms with Crippen LogP contribution in [-0.4, -0.2) is 234 Å². The van der Waals surface area contributed by atoms with Crippen LogP contribution in [-0.2, 0) is 55.0 Å². The second-order valence-corrected chi connectivity index (χ2v) is 59.3. The Hall–Kier alpha value is -11.4. The van der Waals surface area contributed by atoms with Crippen molar-refractivity contribution in [1.29, 1.82) is 5.26 Å². The van der Waals surface area contributed by atoms with Crippen molar-refractivity contribution in [2.45, 2.75) is 266 Å². The number of aliphatic hydroxyl groups is 1. The van der Waals surface area contributed by atoms with Crippen LogP contribution in [0.15, 0.2) is 84.9 Å². The number of hydrogen-bond donors (Lipinski definition) is 4. The summed E-state index contributed by atoms with van der Waals surface area (Å²) < 4.78 is 83.3. The fourth-order valence-electron chi connectivity index (χ4n) is 12.6. The number of nitro benzene ring substituents is 4. The van der Waals surface area contributed by atoms with Gasteiger partial charge in [-0.3, -0.25) is 88.3 Å². The van der Waals surface area contributed by atoms with E-state index in [9.17, 15) is 88.7 Å². The Morgan fingerprint density at radius 1 is 0.416 bits per heavy atom. The van der Waals surface area contributed by atoms with Gasteiger partial charge in [0.2, 0.25) is 25.0 Å². The van der Waals surface area contributed by atoms with Crippen molar-refractivity contribution < 1.29 is 184 Å². The molecule has 4 N–H and O–H groups in total. The van der Waals surface area contributed by atoms with E-state index in [4.69, 9.17) is 102 Å². The molecule has 0 saturated heterocycles. The van der Waals surface area contributed by atoms with E-state index >= 15 is 0 Å². The van der Waals surface area contributed by atoms with Gasteiger partial charge in [0.05, 0.1) is 161 Å². The van der Waals surface area contributed by atoms with Gasteiger partial charge in [-0.15, -0.1) is 0 Å². The van der Waals surface area contributed by atoms with Crippen molar-refractivity contribution in [3.8, 4) is 75.1 Å². The maximum absolute atomic E-state index is 11.9. The molecule has 149 heavy (non-hydrogen) atoms. The molecule has 42 nitrogen and oxygen atoms in total. The average molecular weight is 2210 g/mol. The van der Waals surface area contributed by atoms with Crippen LogP contribution in [0.25, 0.3) is 0 Å². The number of halogens is 1. The number of rotatable bonds is 61. The predicted octanol–water partition coefficient (Wildman–Crippen LogP) is 18.9. The van der Waals surface area contributed by atoms with Crippen molar-refractivity contribution in [3.05, 3.63) is 159 Å². The third-order valence-corrected chi connectivity index (χ3v) is 24.0. The number of aliphatic hydroxyl groups excluding tert-OH is 1. The number of ether oxygens (including phenoxy) is 11. The Morgan fingerprint density at radius 2 is 0.698 bits per heavy atom. The van der Waals surface area contributed by atoms with Crippen molar-refractivity contribution in [2.24, 2.45) is 0 Å². The van der Waals surface area contributed by atoms with Crippen LogP contribution in [0, 0.1) is 51.8 Å². The second kappa shape index (κ2) is 77.0. The van der Waals surface area contributed by atoms with E-state index in [0.717, 1.165) is 44.5 Å². The normalized spacial score (nSPS) is 10.9. The molecule has 6 rings (SSSR count). The predicted molar refractivity (Wildman–Crippen MR) is 572 cm³/mol. The number of phenolic OH excluding ortho intramolecular Hbond substituents is 1. The summed E-state index contributed by atoms with van der Waals surface area (Å²) >= 11 is 5.67. The molecular weight excluding hydrogens is 2060 g/mol. The van der Waals surface area contributed by atoms with Crippen molar-refractivity contribution in [1.82, 2.24) is 4.67 Å². The Bertz CT molecular complexity index is 5170. The van der Waals surface area contributed by atoms with Crippen LogP contribution in [0.4, 0.5) is 22.7 Å². The quantitative estimate of drug-likeness (QED) is 0.00524. The fourth-order valence-corrected chi connectivity index (χ4v) is 17.1. The van der Waals surface area contributed by atoms with Crippen LogP contribution in [0.5, 0.6) is 69.0 Å². The topological polar surface area (TPSA) is 573 Å². The van der Waals surface area contributed by atoms with Gasteiger partial charge in [-0.1, -0.05) is 19.6 Å². The first-order valence-corrected chi connectivity index (χ1v) is 63.6. The SMILES string of the molecule is COc1cc(C=O)c([N+](=O)[O-])cc1OCCCCCC(=O)O.COc1cc(C=O)c([N+](=O)[O-])cc1OCCCCCC(=O)O[Si](C)(C)C.COc1cc(C=O)ccc1O.COc1cc(C=O)ccc1OCCCCCC(=O)O.COc1cc(CO)c([N+](=O)[O-])cc1OCCCCCC(=O)O[Si](C)(C)C.COc1cc(COP(CCC#N)N(C(C)C)C(C)C)c([N+](=O)[O-])cc1OCCCCCC(=O)O[Si](C)(C)C.C[Si](C)(C)Cl.[B].[H-].[Na+]. The Kier molecular flexibility index (Phi) is 73.2. The number of carbonyl (C=O) groups excluding carboxylic acids is 7. The third-order valence-electron chi connectivity index (χ3n) is 19.0. The number of benzene rings is 6. The molecule has 50 heteroatoms. The third kappa shape index (κ3) is 63.4. The Morgan fingerprint density at radius 3 is 0.980 bits per heavy atom. The smallest absolute Gasteiger partial charge is 1.00 e. The van der Waals surface area contributed by atoms with E-state index in [1.165, 1.54) is 97.3 Å². The fraction of sp³-hybridized carbons (Fsp3) is 0.535. The number of carbonyl (C=O) groups is 9. The molecule has 0 aliphatic heterocycles. The van der Waals surface area contributed by atoms with Crippen LogP contribution in [0.3, 0.4) is 0 Å². The first-order chi connectivity index (χ1) is 69.1. The molecule has 823 valence electrons. The number of nitrogens with zero attached hydrogens (tertiary/aromatic N) is 6. The minimum Gasteiger partial charge on any atom is -1.00 e. The number of methoxy groups -OCH3 is 6. The molecule has 6 aromatic rings. The summed E-state index contributed by atoms with van der Waals surface area (Å²) in [6.07, 6.45) is 15.1. The van der Waals surface area contributed by atoms with Gasteiger partial charge >= 0.3 is 41.5 Å². The summed E-state index contributed by atoms with van der Waals surface area (Å²) in [5.74, 6) is 1.50. The molecule has 3 radical (unpaired) electrons. The van der Waals surface area contributed by atoms with E-state index in [2.05, 4.69) is 58.1 Å². The summed E-state index contributed by atoms with van der Waals surface area (Å²) in [5, 5.41) is 89.3. The van der Waals surface area contributed by atoms with Crippen molar-refractivity contribution in [2.75, 3.05) is 81.9 Å². The zero-order valence-electron chi connectivity index (χ0n) is 91.0. The van der Waals surface area contributed by atoms with Gasteiger partial charge in [0.1, 0.15) is 28.3 Å². The summed E-state index contributed by atoms with van der Waals surface area (Å²) in [6, 6.07) is 22.5. The van der Waals surface area contributed by atoms with Crippen molar-refractivity contribution >= 4 is 138 Å². The summed E-state index contributed by atoms with van der Waals surface area (Å²) in [7, 11) is 0.823. The first-order valence-electron chi connectivity index (χ1n) is 47.5. The van der Waals surface area contributed by atoms with Gasteiger partial charge in [0.25, 0.3) is 40.7 Å². The van der Waals surface area contributed by atoms with Gasteiger partial charge < -0.3 is 91.8 Å². The van der Waals surface area contributed by atoms with Crippen LogP contribution in [0.2, 0.25) is 78.6 Å². The first kappa shape index (κ1) is 142. The van der Waals surface area contributed by atoms with Crippen LogP contribution in [0.1, 0.15) is 217 Å². The Labute approximate surface area is 908 Å². The second-order valence-electron chi connectivity index (χ2n) is 36.6. The molecule has 1 atom stereocenters. The van der Waals surface area contributed by atoms with E-state index in [0.29, 0.717) is 193 Å². The number of hydrogen-bond acceptors (Lipinski definition) is 36. The number of aldehydes is 4. The monoisotopic (exact) mass is 2210 g/mol. The minimum atomic E-state index is -1.87. The summed E-state index contributed by atoms with van der Waals surface area (Å²) in [6.45, 7) is 33.6. The minimum absolute atomic E-state index is 0. The van der Waals surface area contributed by atoms with Gasteiger partial charge in [0, 0.05) is 88.4 Å². The summed E-state index contributed by atoms with van der Waals surface area (Å²) in [5.41, 5.74) is 0.419. The number of phenols is 1. The molecule has 0 aromatic heterocycles. The van der Waals surface area contributed by atoms with Crippen LogP contribution < -0.4 is 81.7 Å². The number of nitriles is 1. The van der Waals surface area contributed by atoms with E-state index in [1.54, 1.807) is 24.3 Å². The molecule has 1 unspecified atom stereocenters. The Balaban J connectivity index is -0.000000863. The summed E-state index contributed by atoms with van der Waals surface area (Å²) in [4.78, 5) is 141. The van der Waals surface area contributed by atoms with Crippen molar-refractivity contribution in [3.63, 3.8) is 0 Å². The van der Waals surface area contributed by atoms with Gasteiger partial charge in [-0.25, -0.2) is 0 Å². The maximum Gasteiger partial charge on any atom is 1.00 e. The molecule has 0 aliphatic rings. The zero-order chi connectivity index (χ0) is 112. The largest absolute Gasteiger partial charge is 1.00 e. The van der Waals surface area contributed by atoms with Crippen LogP contribution >= 0.6 is 19.4 Å². The number of carboxylic acids is 2. The molecule has 0 amide bonds. The molecule has 0 heterocycles. The van der Waals surface area contributed by atoms with E-state index in [1.807, 2.05) is 58.9 Å². The molecule has 0 aliphatic carbocycles. The standard InChI is InChI=1S/C26H44N3O7PSi.C17H27NO7Si.C17H25NO7Si.C14H17NO7.C14H18O5.C8H8O3.C3H9ClSi.B.Na.H/c1-20(2)28(21(3)4)37(16-12-14-27)35-19-22-17-24(33-5)25(18-23(22)29(31)32)34-15-11-9-10-13-26(30)36-38(6,7)8;2*1-23-15-10-13(12-19)14(18(21)22)11-16(15)24-9-7-5-6-8-17(20)25-26(2,3)4;1-21-12-7-10(9-16)11(15(19)20)8-13(12)22-6-4-2-3-5-14(17)18;1-18-13-9-11(10-15)6-7-12(13)19-8-4-2-3-5-14(16)17;1-11-8-4-6(5-9)2-3-7(8)10;1-5(2,3)4;;;/h17-18,20-21H,9-13,15-16,19H2,1-8H3;10-11,19H,5-9,12H2,1-4H3;10-12H,5-9H2,1-4H3;7-9H,2-6H2,1H3,(H,17,18);6-7,9-10H,2-5,8H2,1H3,(H,16,17);2-5,10H,1H3;1-3H3;;;/q;;;;;;;;+1;-1. The number of unbranched alkanes of at least 4 members (excludes halogenated alkanes) is 10.